The number of benzene rings is 1. The van der Waals surface area contributed by atoms with Gasteiger partial charge < -0.3 is 17.9 Å². The molecule has 32 heavy (non-hydrogen) atoms. The summed E-state index contributed by atoms with van der Waals surface area (Å²) < 4.78 is 0. The van der Waals surface area contributed by atoms with Gasteiger partial charge in [-0.05, 0) is 36.1 Å². The molecule has 0 aliphatic heterocycles. The first-order valence-corrected chi connectivity index (χ1v) is 12.4. The van der Waals surface area contributed by atoms with Crippen molar-refractivity contribution in [2.24, 2.45) is 0 Å². The molecular weight excluding hydrogens is 470 g/mol. The molecule has 0 bridgehead atoms. The van der Waals surface area contributed by atoms with Crippen LogP contribution in [0.1, 0.15) is 96.1 Å². The van der Waals surface area contributed by atoms with Gasteiger partial charge in [-0.1, -0.05) is 82.2 Å². The second-order valence-corrected chi connectivity index (χ2v) is 8.76. The minimum absolute atomic E-state index is 0. The predicted molar refractivity (Wildman–Crippen MR) is 134 cm³/mol. The monoisotopic (exact) mass is 507 g/mol. The van der Waals surface area contributed by atoms with Crippen LogP contribution in [0.15, 0.2) is 48.1 Å². The summed E-state index contributed by atoms with van der Waals surface area (Å²) in [5, 5.41) is 10.9. The number of rotatable bonds is 3. The average molecular weight is 509 g/mol. The molecule has 0 spiro atoms. The van der Waals surface area contributed by atoms with Gasteiger partial charge in [0.25, 0.3) is 0 Å². The zero-order valence-corrected chi connectivity index (χ0v) is 22.2. The Hall–Kier alpha value is -1.21. The van der Waals surface area contributed by atoms with Crippen molar-refractivity contribution in [3.8, 4) is 5.75 Å². The Bertz CT molecular complexity index is 828. The quantitative estimate of drug-likeness (QED) is 0.420. The van der Waals surface area contributed by atoms with E-state index in [-0.39, 0.29) is 32.0 Å². The first-order valence-electron chi connectivity index (χ1n) is 12.4. The number of para-hydroxylation sites is 1. The number of pyridine rings is 1. The molecule has 0 saturated heterocycles. The normalized spacial score (nSPS) is 17.7. The molecule has 1 heterocycles. The number of nitrogens with zero attached hydrogens (tertiary/aromatic N) is 1. The van der Waals surface area contributed by atoms with Gasteiger partial charge in [0.1, 0.15) is 11.3 Å². The first-order chi connectivity index (χ1) is 15.3. The van der Waals surface area contributed by atoms with Gasteiger partial charge in [0.2, 0.25) is 0 Å². The fraction of sp³-hybridized carbons (Fsp3) is 0.483. The molecule has 0 unspecified atom stereocenters. The summed E-state index contributed by atoms with van der Waals surface area (Å²) in [5.74, 6) is 0.253. The van der Waals surface area contributed by atoms with E-state index < -0.39 is 0 Å². The number of hydrogen-bond donors (Lipinski definition) is 1. The van der Waals surface area contributed by atoms with Crippen LogP contribution in [0.4, 0.5) is 0 Å². The van der Waals surface area contributed by atoms with E-state index in [2.05, 4.69) is 43.0 Å². The van der Waals surface area contributed by atoms with Crippen molar-refractivity contribution in [3.63, 3.8) is 0 Å². The fourth-order valence-electron chi connectivity index (χ4n) is 4.42. The molecule has 0 atom stereocenters. The van der Waals surface area contributed by atoms with Crippen molar-refractivity contribution in [2.45, 2.75) is 90.4 Å². The smallest absolute Gasteiger partial charge is 0.506 e. The van der Waals surface area contributed by atoms with E-state index in [0.29, 0.717) is 5.52 Å². The summed E-state index contributed by atoms with van der Waals surface area (Å²) in [6.45, 7) is 2.19. The number of hydrogen-bond acceptors (Lipinski definition) is 2. The third-order valence-electron chi connectivity index (χ3n) is 6.19. The number of phenols is 1. The zero-order chi connectivity index (χ0) is 21.7. The second-order valence-electron chi connectivity index (χ2n) is 8.76. The summed E-state index contributed by atoms with van der Waals surface area (Å²) in [7, 11) is 0. The Morgan fingerprint density at radius 2 is 1.53 bits per heavy atom. The number of aromatic hydroxyl groups is 1. The third kappa shape index (κ3) is 8.62. The molecule has 1 aromatic carbocycles. The molecule has 1 N–H and O–H groups in total. The number of fused-ring (bicyclic) bond motifs is 1. The molecule has 3 heteroatoms. The van der Waals surface area contributed by atoms with Gasteiger partial charge in [-0.25, -0.2) is 4.98 Å². The molecule has 2 nitrogen and oxygen atoms in total. The molecule has 5 rings (SSSR count). The van der Waals surface area contributed by atoms with Gasteiger partial charge in [-0.3, -0.25) is 0 Å². The first kappa shape index (κ1) is 27.0. The summed E-state index contributed by atoms with van der Waals surface area (Å²) in [6, 6.07) is 9.59. The summed E-state index contributed by atoms with van der Waals surface area (Å²) in [5.41, 5.74) is 4.36. The molecule has 3 aliphatic rings. The SMILES string of the molecule is CCCC1=C(c2ccc3cccc(O)c3n2)CC=C1.[CH-]1CCCCC1.[CH-]1CCCCC1.[Zr+2]. The van der Waals surface area contributed by atoms with Crippen LogP contribution in [-0.2, 0) is 26.2 Å². The van der Waals surface area contributed by atoms with Crippen LogP contribution in [0.25, 0.3) is 16.5 Å². The van der Waals surface area contributed by atoms with Crippen LogP contribution in [0.2, 0.25) is 0 Å². The Labute approximate surface area is 214 Å². The van der Waals surface area contributed by atoms with Gasteiger partial charge in [0.15, 0.2) is 0 Å². The van der Waals surface area contributed by atoms with Crippen LogP contribution in [-0.4, -0.2) is 10.1 Å². The van der Waals surface area contributed by atoms with Crippen molar-refractivity contribution in [3.05, 3.63) is 66.6 Å². The van der Waals surface area contributed by atoms with Gasteiger partial charge in [0.05, 0.1) is 5.69 Å². The molecule has 0 amide bonds. The van der Waals surface area contributed by atoms with Gasteiger partial charge in [-0.2, -0.15) is 25.7 Å². The topological polar surface area (TPSA) is 33.1 Å². The average Bonchev–Trinajstić information content (AvgIpc) is 3.31. The van der Waals surface area contributed by atoms with Crippen LogP contribution >= 0.6 is 0 Å². The van der Waals surface area contributed by atoms with E-state index in [4.69, 9.17) is 0 Å². The Kier molecular flexibility index (Phi) is 13.2. The molecule has 2 saturated carbocycles. The zero-order valence-electron chi connectivity index (χ0n) is 19.8. The number of aromatic nitrogens is 1. The van der Waals surface area contributed by atoms with E-state index in [1.807, 2.05) is 18.2 Å². The summed E-state index contributed by atoms with van der Waals surface area (Å²) in [6.07, 6.45) is 26.6. The maximum Gasteiger partial charge on any atom is 2.00 e. The number of phenolic OH excluding ortho intramolecular Hbond substituents is 1. The molecule has 170 valence electrons. The minimum Gasteiger partial charge on any atom is -0.506 e. The van der Waals surface area contributed by atoms with Crippen molar-refractivity contribution in [1.29, 1.82) is 0 Å². The predicted octanol–water partition coefficient (Wildman–Crippen LogP) is 8.76. The van der Waals surface area contributed by atoms with Gasteiger partial charge in [-0.15, -0.1) is 0 Å². The van der Waals surface area contributed by atoms with E-state index in [1.54, 1.807) is 6.07 Å². The Morgan fingerprint density at radius 3 is 2.06 bits per heavy atom. The summed E-state index contributed by atoms with van der Waals surface area (Å²) >= 11 is 0. The van der Waals surface area contributed by atoms with Crippen LogP contribution in [0.5, 0.6) is 5.75 Å². The minimum atomic E-state index is 0. The Morgan fingerprint density at radius 1 is 0.875 bits per heavy atom. The molecule has 0 radical (unpaired) electrons. The molecule has 1 aromatic heterocycles. The Balaban J connectivity index is 0.000000228. The van der Waals surface area contributed by atoms with E-state index in [9.17, 15) is 5.11 Å². The van der Waals surface area contributed by atoms with Crippen LogP contribution in [0.3, 0.4) is 0 Å². The fourth-order valence-corrected chi connectivity index (χ4v) is 4.42. The van der Waals surface area contributed by atoms with Gasteiger partial charge >= 0.3 is 26.2 Å². The van der Waals surface area contributed by atoms with Crippen molar-refractivity contribution in [2.75, 3.05) is 0 Å². The second kappa shape index (κ2) is 15.6. The van der Waals surface area contributed by atoms with E-state index in [1.165, 1.54) is 75.4 Å². The molecule has 2 aromatic rings. The van der Waals surface area contributed by atoms with Crippen LogP contribution in [0, 0.1) is 12.8 Å². The molecular formula is C29H39NOZr. The van der Waals surface area contributed by atoms with Crippen molar-refractivity contribution >= 4 is 16.5 Å². The largest absolute Gasteiger partial charge is 2.00 e. The third-order valence-corrected chi connectivity index (χ3v) is 6.19. The molecule has 3 aliphatic carbocycles. The standard InChI is InChI=1S/C17H17NO.2C6H11.Zr/c1-2-5-12-6-3-8-14(12)15-11-10-13-7-4-9-16(19)17(13)18-15;2*1-2-4-6-5-3-1;/h3-4,6-7,9-11,19H,2,5,8H2,1H3;2*1H,2-6H2;/q;2*-1;+2. The van der Waals surface area contributed by atoms with E-state index in [0.717, 1.165) is 30.3 Å². The summed E-state index contributed by atoms with van der Waals surface area (Å²) in [4.78, 5) is 4.64. The maximum absolute atomic E-state index is 9.91. The van der Waals surface area contributed by atoms with Gasteiger partial charge in [0, 0.05) is 5.39 Å². The van der Waals surface area contributed by atoms with Crippen molar-refractivity contribution in [1.82, 2.24) is 4.98 Å². The van der Waals surface area contributed by atoms with Crippen LogP contribution < -0.4 is 0 Å². The molecule has 2 fully saturated rings. The van der Waals surface area contributed by atoms with Crippen molar-refractivity contribution < 1.29 is 31.3 Å². The maximum atomic E-state index is 9.91. The van der Waals surface area contributed by atoms with E-state index >= 15 is 0 Å². The number of allylic oxidation sites excluding steroid dienone is 4.